The summed E-state index contributed by atoms with van der Waals surface area (Å²) >= 11 is 4.44. The molecule has 0 bridgehead atoms. The van der Waals surface area contributed by atoms with Crippen LogP contribution in [0.15, 0.2) is 0 Å². The second-order valence-electron chi connectivity index (χ2n) is 2.27. The summed E-state index contributed by atoms with van der Waals surface area (Å²) < 4.78 is 12.5. The standard InChI is InChI=1S/C6H14FN3S/c1-2-3-4-5-10(7)9-6(8)11/h2-5H2,1H3,(H3,8,9,11). The number of hydrogen-bond donors (Lipinski definition) is 2. The van der Waals surface area contributed by atoms with Gasteiger partial charge in [-0.2, -0.15) is 0 Å². The van der Waals surface area contributed by atoms with E-state index in [9.17, 15) is 4.48 Å². The molecule has 66 valence electrons. The van der Waals surface area contributed by atoms with Crippen LogP contribution >= 0.6 is 12.2 Å². The molecular formula is C6H14FN3S. The number of nitrogens with one attached hydrogen (secondary N) is 1. The molecule has 0 spiro atoms. The lowest BCUT2D eigenvalue weighted by molar-refractivity contribution is -0.00740. The van der Waals surface area contributed by atoms with Crippen molar-refractivity contribution in [2.24, 2.45) is 5.73 Å². The number of hydrazine groups is 1. The van der Waals surface area contributed by atoms with Crippen LogP contribution < -0.4 is 11.2 Å². The minimum atomic E-state index is -0.0380. The number of nitrogens with zero attached hydrogens (tertiary/aromatic N) is 1. The molecule has 0 saturated carbocycles. The van der Waals surface area contributed by atoms with Crippen LogP contribution in [0.5, 0.6) is 0 Å². The van der Waals surface area contributed by atoms with E-state index in [1.807, 2.05) is 0 Å². The van der Waals surface area contributed by atoms with Crippen molar-refractivity contribution in [3.8, 4) is 0 Å². The molecule has 0 aromatic heterocycles. The Bertz CT molecular complexity index is 120. The third-order valence-corrected chi connectivity index (χ3v) is 1.28. The van der Waals surface area contributed by atoms with E-state index in [0.29, 0.717) is 11.8 Å². The molecule has 0 atom stereocenters. The predicted molar refractivity (Wildman–Crippen MR) is 47.3 cm³/mol. The average Bonchev–Trinajstić information content (AvgIpc) is 1.86. The SMILES string of the molecule is CCCCCN(F)NC(N)=S. The molecule has 5 heteroatoms. The lowest BCUT2D eigenvalue weighted by Crippen LogP contribution is -2.40. The summed E-state index contributed by atoms with van der Waals surface area (Å²) in [4.78, 5) is 0. The Kier molecular flexibility index (Phi) is 6.06. The molecule has 0 aliphatic heterocycles. The van der Waals surface area contributed by atoms with E-state index in [4.69, 9.17) is 5.73 Å². The quantitative estimate of drug-likeness (QED) is 0.287. The smallest absolute Gasteiger partial charge is 0.180 e. The van der Waals surface area contributed by atoms with E-state index in [1.165, 1.54) is 0 Å². The molecule has 0 heterocycles. The average molecular weight is 179 g/mol. The van der Waals surface area contributed by atoms with Crippen LogP contribution in [0.2, 0.25) is 0 Å². The molecule has 0 unspecified atom stereocenters. The van der Waals surface area contributed by atoms with Crippen LogP contribution in [-0.2, 0) is 0 Å². The first-order chi connectivity index (χ1) is 5.16. The minimum Gasteiger partial charge on any atom is -0.375 e. The summed E-state index contributed by atoms with van der Waals surface area (Å²) in [6, 6.07) is 0. The monoisotopic (exact) mass is 179 g/mol. The van der Waals surface area contributed by atoms with Crippen LogP contribution in [0.25, 0.3) is 0 Å². The van der Waals surface area contributed by atoms with Crippen molar-refractivity contribution >= 4 is 17.3 Å². The van der Waals surface area contributed by atoms with Crippen molar-refractivity contribution in [1.29, 1.82) is 0 Å². The van der Waals surface area contributed by atoms with Gasteiger partial charge in [0.2, 0.25) is 0 Å². The van der Waals surface area contributed by atoms with Crippen molar-refractivity contribution in [1.82, 2.24) is 10.7 Å². The molecule has 0 aliphatic carbocycles. The first-order valence-electron chi connectivity index (χ1n) is 3.66. The van der Waals surface area contributed by atoms with Gasteiger partial charge < -0.3 is 5.73 Å². The van der Waals surface area contributed by atoms with Crippen molar-refractivity contribution in [2.75, 3.05) is 6.54 Å². The maximum Gasteiger partial charge on any atom is 0.180 e. The van der Waals surface area contributed by atoms with Gasteiger partial charge >= 0.3 is 0 Å². The molecule has 3 N–H and O–H groups in total. The Labute approximate surface area is 71.6 Å². The highest BCUT2D eigenvalue weighted by Crippen LogP contribution is 1.95. The molecule has 0 aliphatic rings. The van der Waals surface area contributed by atoms with E-state index in [0.717, 1.165) is 19.3 Å². The molecule has 0 fully saturated rings. The molecule has 0 radical (unpaired) electrons. The highest BCUT2D eigenvalue weighted by Gasteiger charge is 2.00. The van der Waals surface area contributed by atoms with E-state index < -0.39 is 0 Å². The van der Waals surface area contributed by atoms with Crippen molar-refractivity contribution in [3.05, 3.63) is 0 Å². The summed E-state index contributed by atoms with van der Waals surface area (Å²) in [6.45, 7) is 2.38. The molecule has 0 aromatic carbocycles. The van der Waals surface area contributed by atoms with E-state index in [2.05, 4.69) is 24.6 Å². The Morgan fingerprint density at radius 1 is 1.64 bits per heavy atom. The molecule has 0 aromatic rings. The fourth-order valence-corrected chi connectivity index (χ4v) is 0.775. The zero-order chi connectivity index (χ0) is 8.69. The highest BCUT2D eigenvalue weighted by molar-refractivity contribution is 7.80. The van der Waals surface area contributed by atoms with E-state index in [-0.39, 0.29) is 5.11 Å². The van der Waals surface area contributed by atoms with Crippen LogP contribution in [0, 0.1) is 0 Å². The fraction of sp³-hybridized carbons (Fsp3) is 0.833. The van der Waals surface area contributed by atoms with E-state index >= 15 is 0 Å². The molecule has 0 saturated heterocycles. The Hall–Kier alpha value is -0.420. The summed E-state index contributed by atoms with van der Waals surface area (Å²) in [7, 11) is 0. The maximum atomic E-state index is 12.5. The predicted octanol–water partition coefficient (Wildman–Crippen LogP) is 1.11. The summed E-state index contributed by atoms with van der Waals surface area (Å²) in [5, 5.41) is 0.377. The normalized spacial score (nSPS) is 10.1. The largest absolute Gasteiger partial charge is 0.375 e. The number of hydrogen-bond acceptors (Lipinski definition) is 2. The topological polar surface area (TPSA) is 41.3 Å². The fourth-order valence-electron chi connectivity index (χ4n) is 0.676. The van der Waals surface area contributed by atoms with Gasteiger partial charge in [0, 0.05) is 0 Å². The first-order valence-corrected chi connectivity index (χ1v) is 4.07. The van der Waals surface area contributed by atoms with Crippen molar-refractivity contribution in [3.63, 3.8) is 0 Å². The van der Waals surface area contributed by atoms with Crippen LogP contribution in [0.1, 0.15) is 26.2 Å². The minimum absolute atomic E-state index is 0.0380. The van der Waals surface area contributed by atoms with Gasteiger partial charge in [-0.3, -0.25) is 5.43 Å². The Morgan fingerprint density at radius 3 is 2.73 bits per heavy atom. The van der Waals surface area contributed by atoms with Gasteiger partial charge in [0.05, 0.1) is 6.54 Å². The van der Waals surface area contributed by atoms with Crippen LogP contribution in [0.3, 0.4) is 0 Å². The zero-order valence-corrected chi connectivity index (χ0v) is 7.46. The van der Waals surface area contributed by atoms with Gasteiger partial charge in [-0.25, -0.2) is 0 Å². The molecule has 3 nitrogen and oxygen atoms in total. The maximum absolute atomic E-state index is 12.5. The second kappa shape index (κ2) is 6.30. The van der Waals surface area contributed by atoms with Crippen LogP contribution in [0.4, 0.5) is 4.48 Å². The number of thiocarbonyl (C=S) groups is 1. The molecular weight excluding hydrogens is 165 g/mol. The van der Waals surface area contributed by atoms with E-state index in [1.54, 1.807) is 0 Å². The lowest BCUT2D eigenvalue weighted by atomic mass is 10.2. The molecule has 0 rings (SSSR count). The molecule has 11 heavy (non-hydrogen) atoms. The summed E-state index contributed by atoms with van der Waals surface area (Å²) in [5.74, 6) is 0. The Balaban J connectivity index is 3.22. The second-order valence-corrected chi connectivity index (χ2v) is 2.71. The first kappa shape index (κ1) is 10.6. The van der Waals surface area contributed by atoms with Gasteiger partial charge in [0.15, 0.2) is 5.11 Å². The zero-order valence-electron chi connectivity index (χ0n) is 6.64. The number of rotatable bonds is 5. The van der Waals surface area contributed by atoms with Crippen molar-refractivity contribution in [2.45, 2.75) is 26.2 Å². The van der Waals surface area contributed by atoms with Crippen molar-refractivity contribution < 1.29 is 4.48 Å². The van der Waals surface area contributed by atoms with Gasteiger partial charge in [-0.15, -0.1) is 4.48 Å². The molecule has 0 amide bonds. The van der Waals surface area contributed by atoms with Gasteiger partial charge in [0.25, 0.3) is 0 Å². The number of nitrogens with two attached hydrogens (primary N) is 1. The third-order valence-electron chi connectivity index (χ3n) is 1.19. The van der Waals surface area contributed by atoms with Gasteiger partial charge in [-0.1, -0.05) is 25.0 Å². The number of unbranched alkanes of at least 4 members (excludes halogenated alkanes) is 2. The summed E-state index contributed by atoms with van der Waals surface area (Å²) in [5.41, 5.74) is 7.21. The van der Waals surface area contributed by atoms with Gasteiger partial charge in [0.1, 0.15) is 0 Å². The highest BCUT2D eigenvalue weighted by atomic mass is 32.1. The third kappa shape index (κ3) is 7.48. The summed E-state index contributed by atoms with van der Waals surface area (Å²) in [6.07, 6.45) is 2.89. The number of halogens is 1. The van der Waals surface area contributed by atoms with Crippen LogP contribution in [-0.4, -0.2) is 16.9 Å². The Morgan fingerprint density at radius 2 is 2.27 bits per heavy atom. The lowest BCUT2D eigenvalue weighted by Gasteiger charge is -2.11. The van der Waals surface area contributed by atoms with Gasteiger partial charge in [-0.05, 0) is 18.6 Å².